The van der Waals surface area contributed by atoms with Crippen LogP contribution in [0, 0.1) is 0 Å². The molecule has 3 rings (SSSR count). The molecule has 0 aliphatic carbocycles. The van der Waals surface area contributed by atoms with E-state index in [9.17, 15) is 0 Å². The molecule has 0 fully saturated rings. The van der Waals surface area contributed by atoms with Crippen LogP contribution in [0.2, 0.25) is 0 Å². The number of fused-ring (bicyclic) bond motifs is 1. The number of halogens is 1. The fourth-order valence-corrected chi connectivity index (χ4v) is 3.08. The van der Waals surface area contributed by atoms with Gasteiger partial charge in [-0.25, -0.2) is 0 Å². The third kappa shape index (κ3) is 2.43. The highest BCUT2D eigenvalue weighted by Gasteiger charge is 2.30. The van der Waals surface area contributed by atoms with Crippen molar-refractivity contribution in [3.8, 4) is 5.75 Å². The smallest absolute Gasteiger partial charge is 0.122 e. The molecule has 20 heavy (non-hydrogen) atoms. The molecule has 2 aromatic rings. The number of ether oxygens (including phenoxy) is 1. The number of alkyl halides is 1. The molecule has 0 N–H and O–H groups in total. The summed E-state index contributed by atoms with van der Waals surface area (Å²) in [6.07, 6.45) is 0. The van der Waals surface area contributed by atoms with Crippen molar-refractivity contribution in [2.24, 2.45) is 0 Å². The summed E-state index contributed by atoms with van der Waals surface area (Å²) in [6.45, 7) is 5.07. The highest BCUT2D eigenvalue weighted by molar-refractivity contribution is 6.21. The van der Waals surface area contributed by atoms with Crippen LogP contribution >= 0.6 is 11.6 Å². The molecule has 1 nitrogen and oxygen atoms in total. The van der Waals surface area contributed by atoms with Crippen molar-refractivity contribution in [3.63, 3.8) is 0 Å². The molecule has 0 radical (unpaired) electrons. The Morgan fingerprint density at radius 2 is 1.65 bits per heavy atom. The Kier molecular flexibility index (Phi) is 3.71. The molecule has 2 heteroatoms. The summed E-state index contributed by atoms with van der Waals surface area (Å²) < 4.78 is 5.73. The fraction of sp³-hybridized carbons (Fsp3) is 0.333. The van der Waals surface area contributed by atoms with Crippen molar-refractivity contribution in [2.45, 2.75) is 31.1 Å². The first kappa shape index (κ1) is 13.5. The molecule has 0 bridgehead atoms. The average Bonchev–Trinajstić information content (AvgIpc) is 2.90. The van der Waals surface area contributed by atoms with E-state index < -0.39 is 0 Å². The molecule has 0 saturated carbocycles. The van der Waals surface area contributed by atoms with E-state index >= 15 is 0 Å². The maximum absolute atomic E-state index is 6.69. The summed E-state index contributed by atoms with van der Waals surface area (Å²) in [5.41, 5.74) is 3.74. The van der Waals surface area contributed by atoms with Crippen LogP contribution < -0.4 is 4.74 Å². The van der Waals surface area contributed by atoms with Gasteiger partial charge in [-0.15, -0.1) is 11.6 Å². The van der Waals surface area contributed by atoms with E-state index in [1.54, 1.807) is 0 Å². The van der Waals surface area contributed by atoms with Gasteiger partial charge in [0.25, 0.3) is 0 Å². The minimum absolute atomic E-state index is 0.0418. The fourth-order valence-electron chi connectivity index (χ4n) is 2.73. The van der Waals surface area contributed by atoms with E-state index in [0.29, 0.717) is 12.5 Å². The Morgan fingerprint density at radius 1 is 1.00 bits per heavy atom. The van der Waals surface area contributed by atoms with Crippen molar-refractivity contribution >= 4 is 11.6 Å². The number of para-hydroxylation sites is 1. The van der Waals surface area contributed by atoms with Gasteiger partial charge in [-0.1, -0.05) is 56.3 Å². The third-order valence-electron chi connectivity index (χ3n) is 4.01. The van der Waals surface area contributed by atoms with E-state index in [2.05, 4.69) is 44.2 Å². The summed E-state index contributed by atoms with van der Waals surface area (Å²) >= 11 is 6.69. The van der Waals surface area contributed by atoms with Crippen molar-refractivity contribution in [3.05, 3.63) is 65.2 Å². The minimum atomic E-state index is -0.0418. The Morgan fingerprint density at radius 3 is 2.35 bits per heavy atom. The van der Waals surface area contributed by atoms with Gasteiger partial charge in [0.2, 0.25) is 0 Å². The van der Waals surface area contributed by atoms with Crippen LogP contribution in [-0.2, 0) is 0 Å². The number of hydrogen-bond acceptors (Lipinski definition) is 1. The molecule has 0 spiro atoms. The topological polar surface area (TPSA) is 9.23 Å². The highest BCUT2D eigenvalue weighted by Crippen LogP contribution is 2.44. The van der Waals surface area contributed by atoms with Gasteiger partial charge < -0.3 is 4.74 Å². The molecule has 1 aliphatic heterocycles. The van der Waals surface area contributed by atoms with Gasteiger partial charge in [0.1, 0.15) is 5.75 Å². The van der Waals surface area contributed by atoms with Gasteiger partial charge in [0.15, 0.2) is 0 Å². The summed E-state index contributed by atoms with van der Waals surface area (Å²) in [4.78, 5) is 0. The van der Waals surface area contributed by atoms with Crippen LogP contribution in [-0.4, -0.2) is 6.61 Å². The van der Waals surface area contributed by atoms with Crippen LogP contribution in [0.15, 0.2) is 48.5 Å². The Bertz CT molecular complexity index is 589. The minimum Gasteiger partial charge on any atom is -0.493 e. The maximum Gasteiger partial charge on any atom is 0.122 e. The maximum atomic E-state index is 6.69. The first-order chi connectivity index (χ1) is 9.66. The lowest BCUT2D eigenvalue weighted by Gasteiger charge is -2.17. The van der Waals surface area contributed by atoms with Crippen LogP contribution in [0.1, 0.15) is 47.8 Å². The second kappa shape index (κ2) is 5.49. The molecule has 0 saturated heterocycles. The van der Waals surface area contributed by atoms with E-state index in [4.69, 9.17) is 16.3 Å². The molecule has 2 atom stereocenters. The predicted octanol–water partition coefficient (Wildman–Crippen LogP) is 5.27. The first-order valence-electron chi connectivity index (χ1n) is 7.12. The Labute approximate surface area is 125 Å². The molecule has 104 valence electrons. The van der Waals surface area contributed by atoms with Gasteiger partial charge in [-0.2, -0.15) is 0 Å². The second-order valence-electron chi connectivity index (χ2n) is 5.68. The molecule has 2 aromatic carbocycles. The standard InChI is InChI=1S/C18H19ClO/c1-12(2)13-7-9-14(10-8-13)18(19)16-11-20-17-6-4-3-5-15(16)17/h3-10,12,16,18H,11H2,1-2H3. The van der Waals surface area contributed by atoms with E-state index in [1.165, 1.54) is 16.7 Å². The summed E-state index contributed by atoms with van der Waals surface area (Å²) in [5, 5.41) is -0.0418. The summed E-state index contributed by atoms with van der Waals surface area (Å²) in [7, 11) is 0. The second-order valence-corrected chi connectivity index (χ2v) is 6.15. The lowest BCUT2D eigenvalue weighted by molar-refractivity contribution is 0.328. The van der Waals surface area contributed by atoms with E-state index in [0.717, 1.165) is 5.75 Å². The van der Waals surface area contributed by atoms with Crippen LogP contribution in [0.4, 0.5) is 0 Å². The van der Waals surface area contributed by atoms with Crippen LogP contribution in [0.25, 0.3) is 0 Å². The highest BCUT2D eigenvalue weighted by atomic mass is 35.5. The zero-order valence-electron chi connectivity index (χ0n) is 11.8. The molecule has 0 aromatic heterocycles. The van der Waals surface area contributed by atoms with Gasteiger partial charge in [0, 0.05) is 11.5 Å². The lowest BCUT2D eigenvalue weighted by atomic mass is 9.92. The first-order valence-corrected chi connectivity index (χ1v) is 7.56. The molecule has 2 unspecified atom stereocenters. The average molecular weight is 287 g/mol. The summed E-state index contributed by atoms with van der Waals surface area (Å²) in [5.74, 6) is 1.76. The molecule has 1 heterocycles. The normalized spacial score (nSPS) is 18.7. The van der Waals surface area contributed by atoms with Crippen molar-refractivity contribution in [2.75, 3.05) is 6.61 Å². The molecule has 0 amide bonds. The van der Waals surface area contributed by atoms with Gasteiger partial charge in [-0.3, -0.25) is 0 Å². The monoisotopic (exact) mass is 286 g/mol. The van der Waals surface area contributed by atoms with Crippen molar-refractivity contribution in [1.29, 1.82) is 0 Å². The molecule has 1 aliphatic rings. The molecular formula is C18H19ClO. The summed E-state index contributed by atoms with van der Waals surface area (Å²) in [6, 6.07) is 16.8. The number of rotatable bonds is 3. The van der Waals surface area contributed by atoms with Crippen molar-refractivity contribution < 1.29 is 4.74 Å². The van der Waals surface area contributed by atoms with Crippen molar-refractivity contribution in [1.82, 2.24) is 0 Å². The predicted molar refractivity (Wildman–Crippen MR) is 83.8 cm³/mol. The van der Waals surface area contributed by atoms with Crippen LogP contribution in [0.3, 0.4) is 0 Å². The number of hydrogen-bond donors (Lipinski definition) is 0. The SMILES string of the molecule is CC(C)c1ccc(C(Cl)C2COc3ccccc32)cc1. The van der Waals surface area contributed by atoms with Crippen LogP contribution in [0.5, 0.6) is 5.75 Å². The van der Waals surface area contributed by atoms with Gasteiger partial charge in [0.05, 0.1) is 12.0 Å². The Hall–Kier alpha value is -1.47. The van der Waals surface area contributed by atoms with E-state index in [-0.39, 0.29) is 11.3 Å². The van der Waals surface area contributed by atoms with E-state index in [1.807, 2.05) is 18.2 Å². The quantitative estimate of drug-likeness (QED) is 0.699. The van der Waals surface area contributed by atoms with Gasteiger partial charge >= 0.3 is 0 Å². The number of benzene rings is 2. The third-order valence-corrected chi connectivity index (χ3v) is 4.57. The zero-order valence-corrected chi connectivity index (χ0v) is 12.6. The lowest BCUT2D eigenvalue weighted by Crippen LogP contribution is -2.08. The molecular weight excluding hydrogens is 268 g/mol. The zero-order chi connectivity index (χ0) is 14.1. The largest absolute Gasteiger partial charge is 0.493 e. The van der Waals surface area contributed by atoms with Gasteiger partial charge in [-0.05, 0) is 23.1 Å². The Balaban J connectivity index is 1.85.